The minimum atomic E-state index is -8.73. The summed E-state index contributed by atoms with van der Waals surface area (Å²) in [7, 11) is 0. The van der Waals surface area contributed by atoms with E-state index in [1.165, 1.54) is 0 Å². The van der Waals surface area contributed by atoms with Gasteiger partial charge in [0.25, 0.3) is 5.56 Å². The number of aliphatic hydroxyl groups excluding tert-OH is 2. The molecule has 1 aliphatic rings. The van der Waals surface area contributed by atoms with Crippen LogP contribution in [0.5, 0.6) is 0 Å². The van der Waals surface area contributed by atoms with E-state index in [-0.39, 0.29) is 0 Å². The van der Waals surface area contributed by atoms with Crippen LogP contribution in [0.1, 0.15) is 19.1 Å². The van der Waals surface area contributed by atoms with E-state index in [2.05, 4.69) is 0 Å². The monoisotopic (exact) mass is 704 g/mol. The quantitative estimate of drug-likeness (QED) is 0.212. The maximum atomic E-state index is 14.1. The molecule has 4 unspecified atom stereocenters. The molecule has 0 amide bonds. The second-order valence-corrected chi connectivity index (χ2v) is 9.34. The van der Waals surface area contributed by atoms with Gasteiger partial charge in [0.1, 0.15) is 18.3 Å². The summed E-state index contributed by atoms with van der Waals surface area (Å²) in [6.45, 7) is -2.40. The standard InChI is InChI=1S/C20H17F17N2O6/c21-13(22,3-1-5-44-10-9(42)7(6-40)45-11(10)39-4-2-8(41)38-12(39)43)14(23,24)15(25,26)16(27,28)17(29,30)18(31,32)19(33,34)20(35,36)37/h2,4,7,9-11,40,42H,1,3,5-6H2,(H,38,41,43). The highest BCUT2D eigenvalue weighted by atomic mass is 19.4. The van der Waals surface area contributed by atoms with Crippen LogP contribution in [0.15, 0.2) is 21.9 Å². The smallest absolute Gasteiger partial charge is 0.394 e. The van der Waals surface area contributed by atoms with E-state index in [0.717, 1.165) is 6.20 Å². The number of nitrogens with zero attached hydrogens (tertiary/aromatic N) is 1. The van der Waals surface area contributed by atoms with Gasteiger partial charge >= 0.3 is 53.3 Å². The van der Waals surface area contributed by atoms with Crippen molar-refractivity contribution >= 4 is 0 Å². The highest BCUT2D eigenvalue weighted by molar-refractivity contribution is 5.15. The van der Waals surface area contributed by atoms with Gasteiger partial charge in [-0.15, -0.1) is 0 Å². The van der Waals surface area contributed by atoms with Crippen LogP contribution in [0.2, 0.25) is 0 Å². The van der Waals surface area contributed by atoms with E-state index in [4.69, 9.17) is 9.47 Å². The van der Waals surface area contributed by atoms with Crippen LogP contribution in [0.25, 0.3) is 0 Å². The van der Waals surface area contributed by atoms with E-state index in [1.54, 1.807) is 4.98 Å². The Kier molecular flexibility index (Phi) is 10.1. The molecule has 262 valence electrons. The maximum absolute atomic E-state index is 14.1. The lowest BCUT2D eigenvalue weighted by Gasteiger charge is -2.42. The fourth-order valence-electron chi connectivity index (χ4n) is 3.77. The summed E-state index contributed by atoms with van der Waals surface area (Å²) in [5.41, 5.74) is -2.22. The lowest BCUT2D eigenvalue weighted by atomic mass is 9.88. The van der Waals surface area contributed by atoms with Crippen LogP contribution in [0.4, 0.5) is 74.6 Å². The molecular formula is C20H17F17N2O6. The van der Waals surface area contributed by atoms with Gasteiger partial charge in [-0.25, -0.2) is 4.79 Å². The molecular weight excluding hydrogens is 687 g/mol. The molecule has 0 aromatic carbocycles. The van der Waals surface area contributed by atoms with Crippen molar-refractivity contribution < 1.29 is 94.3 Å². The van der Waals surface area contributed by atoms with Crippen molar-refractivity contribution in [2.75, 3.05) is 13.2 Å². The molecule has 0 saturated carbocycles. The number of aliphatic hydroxyl groups is 2. The molecule has 2 rings (SSSR count). The van der Waals surface area contributed by atoms with Crippen molar-refractivity contribution in [3.05, 3.63) is 33.1 Å². The molecule has 1 aromatic heterocycles. The molecule has 1 saturated heterocycles. The third-order valence-electron chi connectivity index (χ3n) is 6.35. The van der Waals surface area contributed by atoms with Crippen LogP contribution in [0, 0.1) is 0 Å². The number of aromatic amines is 1. The first kappa shape index (κ1) is 38.5. The largest absolute Gasteiger partial charge is 0.460 e. The third-order valence-corrected chi connectivity index (χ3v) is 6.35. The maximum Gasteiger partial charge on any atom is 0.460 e. The molecule has 0 spiro atoms. The van der Waals surface area contributed by atoms with Crippen LogP contribution in [-0.4, -0.2) is 98.9 Å². The average molecular weight is 704 g/mol. The molecule has 3 N–H and O–H groups in total. The Bertz CT molecular complexity index is 1310. The second-order valence-electron chi connectivity index (χ2n) is 9.34. The summed E-state index contributed by atoms with van der Waals surface area (Å²) in [6.07, 6.45) is -18.9. The van der Waals surface area contributed by atoms with E-state index in [9.17, 15) is 94.4 Å². The Morgan fingerprint density at radius 3 is 1.69 bits per heavy atom. The molecule has 1 aliphatic heterocycles. The van der Waals surface area contributed by atoms with E-state index >= 15 is 0 Å². The fourth-order valence-corrected chi connectivity index (χ4v) is 3.77. The van der Waals surface area contributed by atoms with Gasteiger partial charge in [-0.1, -0.05) is 0 Å². The number of halogens is 17. The molecule has 2 heterocycles. The summed E-state index contributed by atoms with van der Waals surface area (Å²) < 4.78 is 238. The Labute approximate surface area is 236 Å². The SMILES string of the molecule is O=c1ccn(C2OC(CO)C(O)C2OCCCC(F)(F)C(F)(F)C(F)(F)C(F)(F)C(F)(F)C(F)(F)C(F)(F)C(F)(F)F)c(=O)[nH]1. The molecule has 0 aliphatic carbocycles. The third kappa shape index (κ3) is 5.99. The van der Waals surface area contributed by atoms with Crippen molar-refractivity contribution in [3.63, 3.8) is 0 Å². The normalized spacial score (nSPS) is 23.1. The van der Waals surface area contributed by atoms with Gasteiger partial charge in [0, 0.05) is 25.3 Å². The Morgan fingerprint density at radius 1 is 0.778 bits per heavy atom. The summed E-state index contributed by atoms with van der Waals surface area (Å²) >= 11 is 0. The number of ether oxygens (including phenoxy) is 2. The number of alkyl halides is 17. The van der Waals surface area contributed by atoms with Gasteiger partial charge in [0.15, 0.2) is 6.23 Å². The van der Waals surface area contributed by atoms with Crippen molar-refractivity contribution in [1.82, 2.24) is 9.55 Å². The van der Waals surface area contributed by atoms with Crippen LogP contribution < -0.4 is 11.2 Å². The predicted molar refractivity (Wildman–Crippen MR) is 108 cm³/mol. The van der Waals surface area contributed by atoms with Crippen LogP contribution >= 0.6 is 0 Å². The minimum Gasteiger partial charge on any atom is -0.394 e. The molecule has 1 aromatic rings. The number of aromatic nitrogens is 2. The average Bonchev–Trinajstić information content (AvgIpc) is 3.19. The zero-order chi connectivity index (χ0) is 35.4. The predicted octanol–water partition coefficient (Wildman–Crippen LogP) is 3.96. The number of hydrogen-bond donors (Lipinski definition) is 3. The van der Waals surface area contributed by atoms with Crippen molar-refractivity contribution in [2.24, 2.45) is 0 Å². The zero-order valence-electron chi connectivity index (χ0n) is 21.2. The molecule has 4 atom stereocenters. The summed E-state index contributed by atoms with van der Waals surface area (Å²) in [5.74, 6) is -57.2. The summed E-state index contributed by atoms with van der Waals surface area (Å²) in [6, 6.07) is 0.711. The van der Waals surface area contributed by atoms with Gasteiger partial charge in [-0.05, 0) is 6.42 Å². The highest BCUT2D eigenvalue weighted by Gasteiger charge is 2.95. The number of hydrogen-bond acceptors (Lipinski definition) is 6. The number of H-pyrrole nitrogens is 1. The first-order chi connectivity index (χ1) is 20.0. The lowest BCUT2D eigenvalue weighted by Crippen LogP contribution is -2.74. The summed E-state index contributed by atoms with van der Waals surface area (Å²) in [4.78, 5) is 24.9. The van der Waals surface area contributed by atoms with Gasteiger partial charge in [-0.3, -0.25) is 14.3 Å². The molecule has 8 nitrogen and oxygen atoms in total. The topological polar surface area (TPSA) is 114 Å². The fraction of sp³-hybridized carbons (Fsp3) is 0.800. The summed E-state index contributed by atoms with van der Waals surface area (Å²) in [5, 5.41) is 19.4. The van der Waals surface area contributed by atoms with Crippen molar-refractivity contribution in [1.29, 1.82) is 0 Å². The van der Waals surface area contributed by atoms with Crippen LogP contribution in [-0.2, 0) is 9.47 Å². The molecule has 0 bridgehead atoms. The van der Waals surface area contributed by atoms with Crippen molar-refractivity contribution in [2.45, 2.75) is 85.0 Å². The molecule has 1 fully saturated rings. The molecule has 0 radical (unpaired) electrons. The lowest BCUT2D eigenvalue weighted by molar-refractivity contribution is -0.461. The van der Waals surface area contributed by atoms with Crippen LogP contribution in [0.3, 0.4) is 0 Å². The van der Waals surface area contributed by atoms with Gasteiger partial charge in [-0.2, -0.15) is 74.6 Å². The van der Waals surface area contributed by atoms with Crippen molar-refractivity contribution in [3.8, 4) is 0 Å². The zero-order valence-corrected chi connectivity index (χ0v) is 21.2. The Balaban J connectivity index is 2.29. The van der Waals surface area contributed by atoms with Gasteiger partial charge < -0.3 is 19.7 Å². The Morgan fingerprint density at radius 2 is 1.24 bits per heavy atom. The first-order valence-corrected chi connectivity index (χ1v) is 11.6. The minimum absolute atomic E-state index is 0.495. The van der Waals surface area contributed by atoms with E-state index in [1.807, 2.05) is 0 Å². The highest BCUT2D eigenvalue weighted by Crippen LogP contribution is 2.64. The van der Waals surface area contributed by atoms with Gasteiger partial charge in [0.2, 0.25) is 0 Å². The number of rotatable bonds is 13. The molecule has 45 heavy (non-hydrogen) atoms. The molecule has 25 heteroatoms. The van der Waals surface area contributed by atoms with Gasteiger partial charge in [0.05, 0.1) is 6.61 Å². The van der Waals surface area contributed by atoms with E-state index < -0.39 is 109 Å². The first-order valence-electron chi connectivity index (χ1n) is 11.6. The van der Waals surface area contributed by atoms with E-state index in [0.29, 0.717) is 10.6 Å². The number of nitrogens with one attached hydrogen (secondary N) is 1. The second kappa shape index (κ2) is 11.8. The Hall–Kier alpha value is -2.67.